The van der Waals surface area contributed by atoms with Crippen molar-refractivity contribution in [3.8, 4) is 6.07 Å². The van der Waals surface area contributed by atoms with Gasteiger partial charge in [-0.2, -0.15) is 5.26 Å². The van der Waals surface area contributed by atoms with Gasteiger partial charge in [0.25, 0.3) is 0 Å². The van der Waals surface area contributed by atoms with Gasteiger partial charge in [-0.15, -0.1) is 0 Å². The monoisotopic (exact) mass is 235 g/mol. The van der Waals surface area contributed by atoms with Gasteiger partial charge in [-0.25, -0.2) is 8.42 Å². The van der Waals surface area contributed by atoms with Crippen LogP contribution in [0.1, 0.15) is 18.4 Å². The Bertz CT molecular complexity index is 516. The van der Waals surface area contributed by atoms with Crippen molar-refractivity contribution in [3.63, 3.8) is 0 Å². The van der Waals surface area contributed by atoms with Crippen LogP contribution >= 0.6 is 0 Å². The first-order chi connectivity index (χ1) is 7.61. The van der Waals surface area contributed by atoms with Crippen molar-refractivity contribution >= 4 is 9.84 Å². The van der Waals surface area contributed by atoms with Crippen LogP contribution < -0.4 is 0 Å². The molecule has 0 aliphatic heterocycles. The van der Waals surface area contributed by atoms with Crippen LogP contribution in [-0.2, 0) is 9.84 Å². The molecule has 0 amide bonds. The minimum absolute atomic E-state index is 0.110. The molecule has 1 aliphatic rings. The smallest absolute Gasteiger partial charge is 0.154 e. The van der Waals surface area contributed by atoms with Crippen LogP contribution in [0.4, 0.5) is 0 Å². The van der Waals surface area contributed by atoms with E-state index in [2.05, 4.69) is 6.07 Å². The minimum Gasteiger partial charge on any atom is -0.228 e. The molecule has 0 saturated heterocycles. The third-order valence-electron chi connectivity index (χ3n) is 3.10. The Hall–Kier alpha value is -1.34. The summed E-state index contributed by atoms with van der Waals surface area (Å²) in [5, 5.41) is 8.46. The van der Waals surface area contributed by atoms with Crippen molar-refractivity contribution < 1.29 is 8.42 Å². The summed E-state index contributed by atoms with van der Waals surface area (Å²) in [5.74, 6) is -0.386. The predicted molar refractivity (Wildman–Crippen MR) is 61.5 cm³/mol. The highest BCUT2D eigenvalue weighted by molar-refractivity contribution is 7.92. The highest BCUT2D eigenvalue weighted by atomic mass is 32.2. The van der Waals surface area contributed by atoms with Crippen LogP contribution in [0.2, 0.25) is 0 Å². The maximum atomic E-state index is 11.8. The van der Waals surface area contributed by atoms with Crippen molar-refractivity contribution in [2.75, 3.05) is 5.75 Å². The molecule has 1 aromatic carbocycles. The Labute approximate surface area is 95.6 Å². The topological polar surface area (TPSA) is 57.9 Å². The van der Waals surface area contributed by atoms with E-state index in [9.17, 15) is 8.42 Å². The second kappa shape index (κ2) is 3.91. The molecule has 3 atom stereocenters. The third kappa shape index (κ3) is 1.72. The Morgan fingerprint density at radius 3 is 2.44 bits per heavy atom. The van der Waals surface area contributed by atoms with E-state index >= 15 is 0 Å². The fraction of sp³-hybridized carbons (Fsp3) is 0.417. The van der Waals surface area contributed by atoms with Gasteiger partial charge < -0.3 is 0 Å². The summed E-state index contributed by atoms with van der Waals surface area (Å²) in [7, 11) is -3.11. The first-order valence-electron chi connectivity index (χ1n) is 5.28. The van der Waals surface area contributed by atoms with Gasteiger partial charge in [0.05, 0.1) is 17.2 Å². The summed E-state index contributed by atoms with van der Waals surface area (Å²) in [6, 6.07) is 11.5. The molecule has 16 heavy (non-hydrogen) atoms. The molecule has 0 radical (unpaired) electrons. The average molecular weight is 235 g/mol. The van der Waals surface area contributed by atoms with Crippen molar-refractivity contribution in [2.24, 2.45) is 5.92 Å². The molecule has 1 aliphatic carbocycles. The van der Waals surface area contributed by atoms with Gasteiger partial charge in [0.2, 0.25) is 0 Å². The molecule has 3 nitrogen and oxygen atoms in total. The summed E-state index contributed by atoms with van der Waals surface area (Å²) in [5.41, 5.74) is 0.955. The lowest BCUT2D eigenvalue weighted by Crippen LogP contribution is -2.12. The van der Waals surface area contributed by atoms with Gasteiger partial charge >= 0.3 is 0 Å². The highest BCUT2D eigenvalue weighted by Gasteiger charge is 2.58. The lowest BCUT2D eigenvalue weighted by molar-refractivity contribution is 0.594. The maximum absolute atomic E-state index is 11.8. The molecule has 1 saturated carbocycles. The van der Waals surface area contributed by atoms with Crippen LogP contribution in [0.3, 0.4) is 0 Å². The summed E-state index contributed by atoms with van der Waals surface area (Å²) < 4.78 is 23.5. The Morgan fingerprint density at radius 1 is 1.31 bits per heavy atom. The molecule has 2 rings (SSSR count). The van der Waals surface area contributed by atoms with Crippen LogP contribution in [-0.4, -0.2) is 19.4 Å². The molecule has 0 aromatic heterocycles. The number of hydrogen-bond acceptors (Lipinski definition) is 3. The quantitative estimate of drug-likeness (QED) is 0.801. The lowest BCUT2D eigenvalue weighted by Gasteiger charge is -1.99. The molecule has 0 bridgehead atoms. The first kappa shape index (κ1) is 11.2. The Balaban J connectivity index is 2.31. The lowest BCUT2D eigenvalue weighted by atomic mass is 10.1. The molecular weight excluding hydrogens is 222 g/mol. The average Bonchev–Trinajstić information content (AvgIpc) is 3.05. The van der Waals surface area contributed by atoms with E-state index < -0.39 is 15.1 Å². The van der Waals surface area contributed by atoms with Gasteiger partial charge in [0, 0.05) is 11.7 Å². The number of benzene rings is 1. The zero-order valence-electron chi connectivity index (χ0n) is 9.00. The van der Waals surface area contributed by atoms with Crippen LogP contribution in [0.5, 0.6) is 0 Å². The van der Waals surface area contributed by atoms with E-state index in [1.807, 2.05) is 30.3 Å². The van der Waals surface area contributed by atoms with Gasteiger partial charge in [-0.1, -0.05) is 37.3 Å². The van der Waals surface area contributed by atoms with Crippen molar-refractivity contribution in [1.82, 2.24) is 0 Å². The number of sulfone groups is 1. The summed E-state index contributed by atoms with van der Waals surface area (Å²) >= 11 is 0. The number of rotatable bonds is 3. The molecular formula is C12H13NO2S. The fourth-order valence-corrected chi connectivity index (χ4v) is 3.89. The third-order valence-corrected chi connectivity index (χ3v) is 5.33. The Morgan fingerprint density at radius 2 is 1.94 bits per heavy atom. The van der Waals surface area contributed by atoms with Crippen molar-refractivity contribution in [2.45, 2.75) is 18.1 Å². The number of nitriles is 1. The van der Waals surface area contributed by atoms with Gasteiger partial charge in [-0.05, 0) is 5.56 Å². The molecule has 0 heterocycles. The van der Waals surface area contributed by atoms with E-state index in [1.54, 1.807) is 6.92 Å². The molecule has 84 valence electrons. The maximum Gasteiger partial charge on any atom is 0.154 e. The SMILES string of the molecule is CCS(=O)(=O)[C@@H]1[C@H](C#N)[C@H]1c1ccccc1. The molecule has 1 fully saturated rings. The minimum atomic E-state index is -3.11. The molecule has 1 aromatic rings. The second-order valence-corrected chi connectivity index (χ2v) is 6.45. The molecule has 0 spiro atoms. The normalized spacial score (nSPS) is 28.4. The second-order valence-electron chi connectivity index (χ2n) is 4.01. The van der Waals surface area contributed by atoms with E-state index in [0.29, 0.717) is 0 Å². The largest absolute Gasteiger partial charge is 0.228 e. The summed E-state index contributed by atoms with van der Waals surface area (Å²) in [4.78, 5) is 0. The fourth-order valence-electron chi connectivity index (χ4n) is 2.15. The van der Waals surface area contributed by atoms with Gasteiger partial charge in [0.1, 0.15) is 0 Å². The van der Waals surface area contributed by atoms with E-state index in [1.165, 1.54) is 0 Å². The van der Waals surface area contributed by atoms with Crippen LogP contribution in [0.15, 0.2) is 30.3 Å². The van der Waals surface area contributed by atoms with E-state index in [4.69, 9.17) is 5.26 Å². The predicted octanol–water partition coefficient (Wildman–Crippen LogP) is 1.73. The van der Waals surface area contributed by atoms with Crippen molar-refractivity contribution in [3.05, 3.63) is 35.9 Å². The molecule has 0 unspecified atom stereocenters. The van der Waals surface area contributed by atoms with Crippen LogP contribution in [0, 0.1) is 17.2 Å². The Kier molecular flexibility index (Phi) is 2.73. The van der Waals surface area contributed by atoms with Crippen LogP contribution in [0.25, 0.3) is 0 Å². The number of nitrogens with zero attached hydrogens (tertiary/aromatic N) is 1. The van der Waals surface area contributed by atoms with E-state index in [0.717, 1.165) is 5.56 Å². The first-order valence-corrected chi connectivity index (χ1v) is 6.99. The number of hydrogen-bond donors (Lipinski definition) is 0. The zero-order chi connectivity index (χ0) is 11.8. The standard InChI is InChI=1S/C12H13NO2S/c1-2-16(14,15)12-10(8-13)11(12)9-6-4-3-5-7-9/h3-7,10-12H,2H2,1H3/t10-,11-,12-/m1/s1. The van der Waals surface area contributed by atoms with Gasteiger partial charge in [-0.3, -0.25) is 0 Å². The summed E-state index contributed by atoms with van der Waals surface area (Å²) in [6.45, 7) is 1.63. The summed E-state index contributed by atoms with van der Waals surface area (Å²) in [6.07, 6.45) is 0. The zero-order valence-corrected chi connectivity index (χ0v) is 9.81. The molecule has 4 heteroatoms. The van der Waals surface area contributed by atoms with E-state index in [-0.39, 0.29) is 17.6 Å². The highest BCUT2D eigenvalue weighted by Crippen LogP contribution is 2.51. The van der Waals surface area contributed by atoms with Gasteiger partial charge in [0.15, 0.2) is 9.84 Å². The van der Waals surface area contributed by atoms with Crippen molar-refractivity contribution in [1.29, 1.82) is 5.26 Å². The molecule has 0 N–H and O–H groups in total.